The van der Waals surface area contributed by atoms with Gasteiger partial charge in [-0.15, -0.1) is 0 Å². The number of hydrogen-bond donors (Lipinski definition) is 2. The van der Waals surface area contributed by atoms with E-state index in [0.29, 0.717) is 28.5 Å². The van der Waals surface area contributed by atoms with Crippen LogP contribution >= 0.6 is 18.7 Å². The van der Waals surface area contributed by atoms with Crippen LogP contribution in [-0.4, -0.2) is 106 Å². The lowest BCUT2D eigenvalue weighted by Gasteiger charge is -2.42. The molecule has 0 spiro atoms. The second kappa shape index (κ2) is 14.1. The molecule has 0 saturated carbocycles. The minimum atomic E-state index is -3.66. The number of hydrogen-bond acceptors (Lipinski definition) is 11. The third-order valence-corrected chi connectivity index (χ3v) is 12.8. The molecule has 2 aromatic carbocycles. The van der Waals surface area contributed by atoms with E-state index in [2.05, 4.69) is 42.3 Å². The first-order valence-electron chi connectivity index (χ1n) is 15.6. The Labute approximate surface area is 278 Å². The second-order valence-electron chi connectivity index (χ2n) is 12.7. The normalized spacial score (nSPS) is 17.3. The van der Waals surface area contributed by atoms with Gasteiger partial charge in [0.15, 0.2) is 15.7 Å². The quantitative estimate of drug-likeness (QED) is 0.271. The van der Waals surface area contributed by atoms with E-state index in [-0.39, 0.29) is 21.7 Å². The van der Waals surface area contributed by atoms with Crippen molar-refractivity contribution in [3.63, 3.8) is 0 Å². The van der Waals surface area contributed by atoms with Crippen LogP contribution in [0.3, 0.4) is 0 Å². The molecule has 2 aliphatic heterocycles. The summed E-state index contributed by atoms with van der Waals surface area (Å²) >= 11 is 6.51. The third kappa shape index (κ3) is 7.80. The Morgan fingerprint density at radius 1 is 0.978 bits per heavy atom. The van der Waals surface area contributed by atoms with Crippen LogP contribution in [-0.2, 0) is 14.4 Å². The summed E-state index contributed by atoms with van der Waals surface area (Å²) in [4.78, 5) is 16.3. The highest BCUT2D eigenvalue weighted by molar-refractivity contribution is 7.92. The Morgan fingerprint density at radius 3 is 2.28 bits per heavy atom. The molecule has 46 heavy (non-hydrogen) atoms. The third-order valence-electron chi connectivity index (χ3n) is 8.83. The summed E-state index contributed by atoms with van der Waals surface area (Å²) in [6.45, 7) is 12.9. The molecule has 1 aromatic heterocycles. The fourth-order valence-corrected chi connectivity index (χ4v) is 8.08. The number of anilines is 5. The van der Waals surface area contributed by atoms with Crippen molar-refractivity contribution >= 4 is 62.7 Å². The lowest BCUT2D eigenvalue weighted by molar-refractivity contribution is 0.0982. The summed E-state index contributed by atoms with van der Waals surface area (Å²) in [6.07, 6.45) is 3.54. The predicted octanol–water partition coefficient (Wildman–Crippen LogP) is 5.27. The maximum Gasteiger partial charge on any atom is 0.229 e. The summed E-state index contributed by atoms with van der Waals surface area (Å²) in [6, 6.07) is 11.4. The van der Waals surface area contributed by atoms with E-state index in [4.69, 9.17) is 16.3 Å². The van der Waals surface area contributed by atoms with Crippen LogP contribution in [0.15, 0.2) is 47.5 Å². The average molecular weight is 690 g/mol. The molecule has 0 aliphatic carbocycles. The molecule has 0 unspecified atom stereocenters. The minimum absolute atomic E-state index is 0.200. The fourth-order valence-electron chi connectivity index (χ4n) is 5.86. The molecule has 0 bridgehead atoms. The number of rotatable bonds is 10. The monoisotopic (exact) mass is 689 g/mol. The summed E-state index contributed by atoms with van der Waals surface area (Å²) in [5.41, 5.74) is 1.86. The molecule has 0 radical (unpaired) electrons. The second-order valence-corrected chi connectivity index (χ2v) is 18.8. The number of aromatic nitrogens is 2. The number of ether oxygens (including phenoxy) is 1. The molecule has 2 aliphatic rings. The van der Waals surface area contributed by atoms with Gasteiger partial charge in [-0.3, -0.25) is 4.90 Å². The van der Waals surface area contributed by atoms with E-state index < -0.39 is 22.2 Å². The zero-order valence-corrected chi connectivity index (χ0v) is 29.9. The molecule has 3 aromatic rings. The predicted molar refractivity (Wildman–Crippen MR) is 189 cm³/mol. The highest BCUT2D eigenvalue weighted by Gasteiger charge is 2.29. The Kier molecular flexibility index (Phi) is 10.5. The number of sulfone groups is 1. The van der Waals surface area contributed by atoms with E-state index in [0.717, 1.165) is 57.8 Å². The van der Waals surface area contributed by atoms with Gasteiger partial charge in [0.05, 0.1) is 34.8 Å². The summed E-state index contributed by atoms with van der Waals surface area (Å²) in [5.74, 6) is 0.965. The molecule has 3 heterocycles. The fraction of sp³-hybridized carbons (Fsp3) is 0.500. The Morgan fingerprint density at radius 2 is 1.65 bits per heavy atom. The Bertz CT molecular complexity index is 1700. The van der Waals surface area contributed by atoms with Gasteiger partial charge in [0.25, 0.3) is 0 Å². The summed E-state index contributed by atoms with van der Waals surface area (Å²) in [5, 5.41) is 6.60. The van der Waals surface area contributed by atoms with Crippen molar-refractivity contribution in [3.8, 4) is 5.75 Å². The number of likely N-dealkylation sites (N-methyl/N-ethyl adjacent to an activating group) is 1. The highest BCUT2D eigenvalue weighted by Crippen LogP contribution is 2.38. The number of piperazine rings is 1. The van der Waals surface area contributed by atoms with Gasteiger partial charge in [0.1, 0.15) is 17.9 Å². The van der Waals surface area contributed by atoms with E-state index >= 15 is 0 Å². The number of nitrogens with zero attached hydrogens (tertiary/aromatic N) is 5. The molecule has 0 atom stereocenters. The van der Waals surface area contributed by atoms with Gasteiger partial charge in [-0.25, -0.2) is 13.4 Å². The van der Waals surface area contributed by atoms with Crippen LogP contribution in [0.2, 0.25) is 5.02 Å². The van der Waals surface area contributed by atoms with Crippen LogP contribution < -0.4 is 25.6 Å². The molecule has 2 fully saturated rings. The van der Waals surface area contributed by atoms with Crippen molar-refractivity contribution < 1.29 is 17.7 Å². The van der Waals surface area contributed by atoms with Gasteiger partial charge in [-0.05, 0) is 83.5 Å². The largest absolute Gasteiger partial charge is 0.495 e. The molecule has 250 valence electrons. The van der Waals surface area contributed by atoms with Crippen molar-refractivity contribution in [3.05, 3.63) is 47.6 Å². The van der Waals surface area contributed by atoms with Crippen molar-refractivity contribution in [2.24, 2.45) is 0 Å². The minimum Gasteiger partial charge on any atom is -0.495 e. The lowest BCUT2D eigenvalue weighted by Crippen LogP contribution is -2.52. The van der Waals surface area contributed by atoms with Crippen molar-refractivity contribution in [1.29, 1.82) is 0 Å². The maximum absolute atomic E-state index is 13.6. The van der Waals surface area contributed by atoms with Gasteiger partial charge in [0, 0.05) is 56.3 Å². The van der Waals surface area contributed by atoms with Crippen LogP contribution in [0.4, 0.5) is 28.8 Å². The van der Waals surface area contributed by atoms with Crippen LogP contribution in [0.25, 0.3) is 0 Å². The average Bonchev–Trinajstić information content (AvgIpc) is 3.03. The Hall–Kier alpha value is -2.89. The van der Waals surface area contributed by atoms with E-state index in [1.54, 1.807) is 57.5 Å². The first-order chi connectivity index (χ1) is 21.8. The molecule has 5 rings (SSSR count). The van der Waals surface area contributed by atoms with Crippen molar-refractivity contribution in [2.45, 2.75) is 42.9 Å². The number of halogens is 1. The molecule has 14 heteroatoms. The SMILES string of the molecule is COc1cc(P(C)(C)=O)ccc1Nc1ncc(Cl)c(Nc2ccc(N3CCC(N4CCN(C)CC4)CC3)cc2S(=O)(=O)C(C)C)n1. The van der Waals surface area contributed by atoms with E-state index in [9.17, 15) is 13.0 Å². The van der Waals surface area contributed by atoms with Gasteiger partial charge in [-0.2, -0.15) is 4.98 Å². The molecular formula is C32H45ClN7O4PS. The van der Waals surface area contributed by atoms with Gasteiger partial charge < -0.3 is 29.7 Å². The molecule has 2 saturated heterocycles. The van der Waals surface area contributed by atoms with E-state index in [1.165, 1.54) is 13.3 Å². The van der Waals surface area contributed by atoms with Gasteiger partial charge in [0.2, 0.25) is 5.95 Å². The standard InChI is InChI=1S/C32H45ClN7O4PS/c1-22(2)46(42,43)30-19-24(39-13-11-23(12-14-39)40-17-15-38(3)16-18-40)7-9-28(30)35-31-26(33)21-34-32(37-31)36-27-10-8-25(45(5,6)41)20-29(27)44-4/h7-10,19-23H,11-18H2,1-6H3,(H2,34,35,36,37). The van der Waals surface area contributed by atoms with E-state index in [1.807, 2.05) is 6.07 Å². The number of benzene rings is 2. The molecule has 0 amide bonds. The smallest absolute Gasteiger partial charge is 0.229 e. The van der Waals surface area contributed by atoms with Crippen LogP contribution in [0.1, 0.15) is 26.7 Å². The topological polar surface area (TPSA) is 120 Å². The summed E-state index contributed by atoms with van der Waals surface area (Å²) in [7, 11) is -2.44. The lowest BCUT2D eigenvalue weighted by atomic mass is 10.0. The zero-order chi connectivity index (χ0) is 33.2. The van der Waals surface area contributed by atoms with Crippen LogP contribution in [0.5, 0.6) is 5.75 Å². The number of piperidine rings is 1. The number of nitrogens with one attached hydrogen (secondary N) is 2. The molecular weight excluding hydrogens is 645 g/mol. The summed E-state index contributed by atoms with van der Waals surface area (Å²) < 4.78 is 45.4. The highest BCUT2D eigenvalue weighted by atomic mass is 35.5. The van der Waals surface area contributed by atoms with Gasteiger partial charge in [-0.1, -0.05) is 11.6 Å². The zero-order valence-electron chi connectivity index (χ0n) is 27.5. The van der Waals surface area contributed by atoms with Crippen LogP contribution in [0, 0.1) is 0 Å². The van der Waals surface area contributed by atoms with Crippen molar-refractivity contribution in [1.82, 2.24) is 19.8 Å². The van der Waals surface area contributed by atoms with Gasteiger partial charge >= 0.3 is 0 Å². The Balaban J connectivity index is 1.38. The molecule has 2 N–H and O–H groups in total. The van der Waals surface area contributed by atoms with Crippen molar-refractivity contribution in [2.75, 3.05) is 82.3 Å². The first kappa shape index (κ1) is 34.4. The molecule has 11 nitrogen and oxygen atoms in total. The number of methoxy groups -OCH3 is 1. The maximum atomic E-state index is 13.6. The first-order valence-corrected chi connectivity index (χ1v) is 20.1.